The van der Waals surface area contributed by atoms with E-state index in [4.69, 9.17) is 4.74 Å². The number of hydrogen-bond acceptors (Lipinski definition) is 3. The molecule has 5 nitrogen and oxygen atoms in total. The number of rotatable bonds is 4. The fourth-order valence-electron chi connectivity index (χ4n) is 3.70. The highest BCUT2D eigenvalue weighted by atomic mass is 16.5. The minimum Gasteiger partial charge on any atom is -0.445 e. The molecule has 5 heteroatoms. The average Bonchev–Trinajstić information content (AvgIpc) is 3.22. The van der Waals surface area contributed by atoms with E-state index in [2.05, 4.69) is 12.2 Å². The Morgan fingerprint density at radius 2 is 2.00 bits per heavy atom. The maximum absolute atomic E-state index is 12.5. The SMILES string of the molecule is CC1CCC(C(=O)N2CCC(NC(=O)OCc3ccccc3)C2)C1. The van der Waals surface area contributed by atoms with Gasteiger partial charge in [0.05, 0.1) is 6.04 Å². The summed E-state index contributed by atoms with van der Waals surface area (Å²) in [6, 6.07) is 9.61. The second-order valence-corrected chi connectivity index (χ2v) is 7.09. The Labute approximate surface area is 143 Å². The Kier molecular flexibility index (Phi) is 5.38. The van der Waals surface area contributed by atoms with Gasteiger partial charge >= 0.3 is 6.09 Å². The van der Waals surface area contributed by atoms with E-state index >= 15 is 0 Å². The number of alkyl carbamates (subject to hydrolysis) is 1. The number of hydrogen-bond donors (Lipinski definition) is 1. The van der Waals surface area contributed by atoms with Crippen LogP contribution in [0, 0.1) is 11.8 Å². The quantitative estimate of drug-likeness (QED) is 0.923. The molecule has 2 fully saturated rings. The van der Waals surface area contributed by atoms with Gasteiger partial charge in [-0.1, -0.05) is 37.3 Å². The Bertz CT molecular complexity index is 575. The van der Waals surface area contributed by atoms with Gasteiger partial charge in [0.15, 0.2) is 0 Å². The largest absolute Gasteiger partial charge is 0.445 e. The third-order valence-electron chi connectivity index (χ3n) is 5.08. The molecule has 1 N–H and O–H groups in total. The lowest BCUT2D eigenvalue weighted by Gasteiger charge is -2.20. The van der Waals surface area contributed by atoms with Crippen LogP contribution in [0.15, 0.2) is 30.3 Å². The van der Waals surface area contributed by atoms with Gasteiger partial charge < -0.3 is 15.0 Å². The van der Waals surface area contributed by atoms with Gasteiger partial charge in [0.2, 0.25) is 5.91 Å². The summed E-state index contributed by atoms with van der Waals surface area (Å²) in [5, 5.41) is 2.88. The highest BCUT2D eigenvalue weighted by Gasteiger charge is 2.34. The number of likely N-dealkylation sites (tertiary alicyclic amines) is 1. The molecule has 3 rings (SSSR count). The normalized spacial score (nSPS) is 26.4. The summed E-state index contributed by atoms with van der Waals surface area (Å²) in [6.45, 7) is 3.81. The van der Waals surface area contributed by atoms with Gasteiger partial charge in [0, 0.05) is 19.0 Å². The second-order valence-electron chi connectivity index (χ2n) is 7.09. The topological polar surface area (TPSA) is 58.6 Å². The van der Waals surface area contributed by atoms with Crippen LogP contribution in [0.1, 0.15) is 38.2 Å². The predicted molar refractivity (Wildman–Crippen MR) is 91.3 cm³/mol. The molecule has 24 heavy (non-hydrogen) atoms. The zero-order valence-electron chi connectivity index (χ0n) is 14.2. The van der Waals surface area contributed by atoms with Crippen molar-refractivity contribution in [2.24, 2.45) is 11.8 Å². The smallest absolute Gasteiger partial charge is 0.407 e. The van der Waals surface area contributed by atoms with Crippen molar-refractivity contribution in [1.29, 1.82) is 0 Å². The monoisotopic (exact) mass is 330 g/mol. The molecular weight excluding hydrogens is 304 g/mol. The molecule has 2 amide bonds. The predicted octanol–water partition coefficient (Wildman–Crippen LogP) is 2.95. The standard InChI is InChI=1S/C19H26N2O3/c1-14-7-8-16(11-14)18(22)21-10-9-17(12-21)20-19(23)24-13-15-5-3-2-4-6-15/h2-6,14,16-17H,7-13H2,1H3,(H,20,23). The molecule has 1 aliphatic heterocycles. The first-order chi connectivity index (χ1) is 11.6. The van der Waals surface area contributed by atoms with E-state index < -0.39 is 6.09 Å². The molecule has 0 spiro atoms. The van der Waals surface area contributed by atoms with Crippen molar-refractivity contribution in [3.05, 3.63) is 35.9 Å². The molecule has 130 valence electrons. The summed E-state index contributed by atoms with van der Waals surface area (Å²) in [4.78, 5) is 26.3. The molecule has 1 saturated heterocycles. The van der Waals surface area contributed by atoms with Crippen molar-refractivity contribution in [2.45, 2.75) is 45.3 Å². The summed E-state index contributed by atoms with van der Waals surface area (Å²) in [7, 11) is 0. The van der Waals surface area contributed by atoms with Crippen molar-refractivity contribution in [3.63, 3.8) is 0 Å². The van der Waals surface area contributed by atoms with Gasteiger partial charge in [-0.15, -0.1) is 0 Å². The van der Waals surface area contributed by atoms with E-state index in [-0.39, 0.29) is 24.5 Å². The van der Waals surface area contributed by atoms with Crippen LogP contribution in [0.4, 0.5) is 4.79 Å². The molecule has 0 radical (unpaired) electrons. The Morgan fingerprint density at radius 3 is 2.71 bits per heavy atom. The third kappa shape index (κ3) is 4.28. The van der Waals surface area contributed by atoms with Crippen LogP contribution in [0.25, 0.3) is 0 Å². The molecule has 1 heterocycles. The summed E-state index contributed by atoms with van der Waals surface area (Å²) < 4.78 is 5.25. The Morgan fingerprint density at radius 1 is 1.21 bits per heavy atom. The lowest BCUT2D eigenvalue weighted by molar-refractivity contribution is -0.134. The van der Waals surface area contributed by atoms with E-state index in [0.717, 1.165) is 37.8 Å². The Balaban J connectivity index is 1.41. The number of amides is 2. The van der Waals surface area contributed by atoms with Gasteiger partial charge in [-0.2, -0.15) is 0 Å². The molecule has 2 aliphatic rings. The van der Waals surface area contributed by atoms with E-state index in [1.165, 1.54) is 0 Å². The van der Waals surface area contributed by atoms with Gasteiger partial charge in [0.25, 0.3) is 0 Å². The van der Waals surface area contributed by atoms with Crippen LogP contribution in [0.5, 0.6) is 0 Å². The molecule has 1 saturated carbocycles. The van der Waals surface area contributed by atoms with Gasteiger partial charge in [-0.05, 0) is 37.2 Å². The number of nitrogens with zero attached hydrogens (tertiary/aromatic N) is 1. The molecule has 0 bridgehead atoms. The maximum Gasteiger partial charge on any atom is 0.407 e. The van der Waals surface area contributed by atoms with Crippen LogP contribution in [0.3, 0.4) is 0 Å². The first kappa shape index (κ1) is 16.8. The van der Waals surface area contributed by atoms with Crippen LogP contribution in [-0.4, -0.2) is 36.0 Å². The number of carbonyl (C=O) groups excluding carboxylic acids is 2. The van der Waals surface area contributed by atoms with Crippen LogP contribution >= 0.6 is 0 Å². The lowest BCUT2D eigenvalue weighted by atomic mass is 10.1. The van der Waals surface area contributed by atoms with E-state index in [1.807, 2.05) is 35.2 Å². The summed E-state index contributed by atoms with van der Waals surface area (Å²) in [6.07, 6.45) is 3.56. The maximum atomic E-state index is 12.5. The Hall–Kier alpha value is -2.04. The molecule has 1 aliphatic carbocycles. The highest BCUT2D eigenvalue weighted by Crippen LogP contribution is 2.32. The molecular formula is C19H26N2O3. The molecule has 3 atom stereocenters. The van der Waals surface area contributed by atoms with Crippen LogP contribution in [-0.2, 0) is 16.1 Å². The van der Waals surface area contributed by atoms with Crippen molar-refractivity contribution < 1.29 is 14.3 Å². The highest BCUT2D eigenvalue weighted by molar-refractivity contribution is 5.79. The van der Waals surface area contributed by atoms with Crippen molar-refractivity contribution in [3.8, 4) is 0 Å². The van der Waals surface area contributed by atoms with Crippen molar-refractivity contribution in [1.82, 2.24) is 10.2 Å². The van der Waals surface area contributed by atoms with E-state index in [9.17, 15) is 9.59 Å². The number of nitrogens with one attached hydrogen (secondary N) is 1. The number of ether oxygens (including phenoxy) is 1. The first-order valence-electron chi connectivity index (χ1n) is 8.88. The minimum absolute atomic E-state index is 0.00366. The number of benzene rings is 1. The fraction of sp³-hybridized carbons (Fsp3) is 0.579. The molecule has 0 aromatic heterocycles. The molecule has 3 unspecified atom stereocenters. The van der Waals surface area contributed by atoms with E-state index in [1.54, 1.807) is 0 Å². The zero-order valence-corrected chi connectivity index (χ0v) is 14.2. The zero-order chi connectivity index (χ0) is 16.9. The third-order valence-corrected chi connectivity index (χ3v) is 5.08. The lowest BCUT2D eigenvalue weighted by Crippen LogP contribution is -2.40. The molecule has 1 aromatic carbocycles. The van der Waals surface area contributed by atoms with Crippen molar-refractivity contribution in [2.75, 3.05) is 13.1 Å². The van der Waals surface area contributed by atoms with E-state index in [0.29, 0.717) is 12.5 Å². The summed E-state index contributed by atoms with van der Waals surface area (Å²) >= 11 is 0. The van der Waals surface area contributed by atoms with Gasteiger partial charge in [-0.25, -0.2) is 4.79 Å². The average molecular weight is 330 g/mol. The summed E-state index contributed by atoms with van der Waals surface area (Å²) in [5.74, 6) is 1.11. The van der Waals surface area contributed by atoms with Crippen LogP contribution < -0.4 is 5.32 Å². The first-order valence-corrected chi connectivity index (χ1v) is 8.88. The van der Waals surface area contributed by atoms with Crippen molar-refractivity contribution >= 4 is 12.0 Å². The second kappa shape index (κ2) is 7.69. The minimum atomic E-state index is -0.410. The number of carbonyl (C=O) groups is 2. The van der Waals surface area contributed by atoms with Gasteiger partial charge in [-0.3, -0.25) is 4.79 Å². The van der Waals surface area contributed by atoms with Gasteiger partial charge in [0.1, 0.15) is 6.61 Å². The summed E-state index contributed by atoms with van der Waals surface area (Å²) in [5.41, 5.74) is 0.964. The fourth-order valence-corrected chi connectivity index (χ4v) is 3.70. The van der Waals surface area contributed by atoms with Crippen LogP contribution in [0.2, 0.25) is 0 Å². The molecule has 1 aromatic rings.